The first-order chi connectivity index (χ1) is 7.75. The highest BCUT2D eigenvalue weighted by molar-refractivity contribution is 6.30. The monoisotopic (exact) mass is 238 g/mol. The molecule has 1 aromatic rings. The van der Waals surface area contributed by atoms with Crippen molar-refractivity contribution in [2.24, 2.45) is 5.92 Å². The molecule has 1 N–H and O–H groups in total. The number of phenols is 1. The predicted octanol–water partition coefficient (Wildman–Crippen LogP) is 4.56. The fourth-order valence-electron chi connectivity index (χ4n) is 2.59. The van der Waals surface area contributed by atoms with Crippen LogP contribution in [0.2, 0.25) is 5.02 Å². The minimum Gasteiger partial charge on any atom is -0.508 e. The van der Waals surface area contributed by atoms with Gasteiger partial charge in [0, 0.05) is 5.02 Å². The van der Waals surface area contributed by atoms with Crippen LogP contribution in [-0.2, 0) is 6.42 Å². The number of aromatic hydroxyl groups is 1. The van der Waals surface area contributed by atoms with E-state index in [0.717, 1.165) is 22.9 Å². The van der Waals surface area contributed by atoms with Crippen molar-refractivity contribution in [1.82, 2.24) is 0 Å². The van der Waals surface area contributed by atoms with Gasteiger partial charge in [-0.25, -0.2) is 0 Å². The number of phenolic OH excluding ortho intramolecular Hbond substituents is 1. The summed E-state index contributed by atoms with van der Waals surface area (Å²) in [5, 5.41) is 10.4. The zero-order valence-electron chi connectivity index (χ0n) is 9.58. The van der Waals surface area contributed by atoms with Gasteiger partial charge in [0.15, 0.2) is 0 Å². The van der Waals surface area contributed by atoms with E-state index in [2.05, 4.69) is 0 Å². The van der Waals surface area contributed by atoms with E-state index in [1.54, 1.807) is 12.1 Å². The van der Waals surface area contributed by atoms with E-state index in [4.69, 9.17) is 11.6 Å². The molecule has 0 bridgehead atoms. The number of aryl methyl sites for hydroxylation is 1. The summed E-state index contributed by atoms with van der Waals surface area (Å²) < 4.78 is 0. The summed E-state index contributed by atoms with van der Waals surface area (Å²) in [6.07, 6.45) is 9.03. The van der Waals surface area contributed by atoms with Gasteiger partial charge in [-0.1, -0.05) is 43.7 Å². The normalized spacial score (nSPS) is 17.6. The molecule has 1 saturated carbocycles. The number of hydrogen-bond acceptors (Lipinski definition) is 1. The first-order valence-corrected chi connectivity index (χ1v) is 6.61. The first kappa shape index (κ1) is 11.8. The highest BCUT2D eigenvalue weighted by Crippen LogP contribution is 2.30. The molecule has 0 radical (unpaired) electrons. The number of rotatable bonds is 3. The van der Waals surface area contributed by atoms with Crippen LogP contribution in [0.25, 0.3) is 0 Å². The molecule has 1 fully saturated rings. The van der Waals surface area contributed by atoms with Crippen LogP contribution >= 0.6 is 11.6 Å². The molecule has 0 spiro atoms. The van der Waals surface area contributed by atoms with Crippen molar-refractivity contribution in [3.05, 3.63) is 28.8 Å². The Hall–Kier alpha value is -0.690. The van der Waals surface area contributed by atoms with Crippen LogP contribution in [-0.4, -0.2) is 5.11 Å². The van der Waals surface area contributed by atoms with E-state index in [0.29, 0.717) is 5.75 Å². The van der Waals surface area contributed by atoms with Gasteiger partial charge in [0.2, 0.25) is 0 Å². The molecular formula is C14H19ClO. The molecule has 0 saturated heterocycles. The van der Waals surface area contributed by atoms with Gasteiger partial charge in [0.25, 0.3) is 0 Å². The SMILES string of the molecule is Oc1ccc(Cl)cc1CCC1CCCCC1. The molecule has 2 heteroatoms. The van der Waals surface area contributed by atoms with Gasteiger partial charge in [-0.2, -0.15) is 0 Å². The van der Waals surface area contributed by atoms with Crippen LogP contribution in [0.4, 0.5) is 0 Å². The lowest BCUT2D eigenvalue weighted by Crippen LogP contribution is -2.07. The van der Waals surface area contributed by atoms with Crippen molar-refractivity contribution in [2.45, 2.75) is 44.9 Å². The van der Waals surface area contributed by atoms with Gasteiger partial charge in [0.05, 0.1) is 0 Å². The Morgan fingerprint density at radius 2 is 1.94 bits per heavy atom. The molecular weight excluding hydrogens is 220 g/mol. The molecule has 88 valence electrons. The molecule has 2 rings (SSSR count). The zero-order valence-corrected chi connectivity index (χ0v) is 10.3. The maximum atomic E-state index is 9.71. The van der Waals surface area contributed by atoms with Crippen molar-refractivity contribution < 1.29 is 5.11 Å². The Morgan fingerprint density at radius 3 is 2.69 bits per heavy atom. The smallest absolute Gasteiger partial charge is 0.118 e. The van der Waals surface area contributed by atoms with Crippen molar-refractivity contribution in [1.29, 1.82) is 0 Å². The highest BCUT2D eigenvalue weighted by atomic mass is 35.5. The van der Waals surface area contributed by atoms with Crippen LogP contribution in [0.3, 0.4) is 0 Å². The second-order valence-corrected chi connectivity index (χ2v) is 5.25. The van der Waals surface area contributed by atoms with Crippen LogP contribution in [0.15, 0.2) is 18.2 Å². The van der Waals surface area contributed by atoms with Crippen LogP contribution in [0.1, 0.15) is 44.1 Å². The Balaban J connectivity index is 1.90. The summed E-state index contributed by atoms with van der Waals surface area (Å²) in [5.74, 6) is 1.24. The molecule has 0 aliphatic heterocycles. The molecule has 0 aromatic heterocycles. The van der Waals surface area contributed by atoms with E-state index in [9.17, 15) is 5.11 Å². The summed E-state index contributed by atoms with van der Waals surface area (Å²) in [5.41, 5.74) is 0.998. The van der Waals surface area contributed by atoms with E-state index in [-0.39, 0.29) is 0 Å². The number of halogens is 1. The molecule has 1 aliphatic rings. The largest absolute Gasteiger partial charge is 0.508 e. The van der Waals surface area contributed by atoms with Gasteiger partial charge in [-0.05, 0) is 42.5 Å². The minimum absolute atomic E-state index is 0.389. The van der Waals surface area contributed by atoms with E-state index < -0.39 is 0 Å². The Labute approximate surface area is 102 Å². The molecule has 0 atom stereocenters. The summed E-state index contributed by atoms with van der Waals surface area (Å²) in [7, 11) is 0. The Bertz CT molecular complexity index is 343. The molecule has 1 aliphatic carbocycles. The molecule has 0 amide bonds. The fraction of sp³-hybridized carbons (Fsp3) is 0.571. The van der Waals surface area contributed by atoms with E-state index >= 15 is 0 Å². The molecule has 1 nitrogen and oxygen atoms in total. The lowest BCUT2D eigenvalue weighted by Gasteiger charge is -2.21. The third kappa shape index (κ3) is 3.15. The van der Waals surface area contributed by atoms with Crippen LogP contribution in [0, 0.1) is 5.92 Å². The first-order valence-electron chi connectivity index (χ1n) is 6.23. The molecule has 1 aromatic carbocycles. The summed E-state index contributed by atoms with van der Waals surface area (Å²) in [4.78, 5) is 0. The van der Waals surface area contributed by atoms with Crippen molar-refractivity contribution in [3.63, 3.8) is 0 Å². The average Bonchev–Trinajstić information content (AvgIpc) is 2.32. The number of benzene rings is 1. The third-order valence-corrected chi connectivity index (χ3v) is 3.82. The van der Waals surface area contributed by atoms with Crippen LogP contribution in [0.5, 0.6) is 5.75 Å². The van der Waals surface area contributed by atoms with Gasteiger partial charge < -0.3 is 5.11 Å². The van der Waals surface area contributed by atoms with Gasteiger partial charge in [-0.3, -0.25) is 0 Å². The summed E-state index contributed by atoms with van der Waals surface area (Å²) in [6.45, 7) is 0. The standard InChI is InChI=1S/C14H19ClO/c15-13-8-9-14(16)12(10-13)7-6-11-4-2-1-3-5-11/h8-11,16H,1-7H2. The fourth-order valence-corrected chi connectivity index (χ4v) is 2.78. The lowest BCUT2D eigenvalue weighted by atomic mass is 9.85. The Kier molecular flexibility index (Phi) is 4.11. The maximum Gasteiger partial charge on any atom is 0.118 e. The average molecular weight is 239 g/mol. The van der Waals surface area contributed by atoms with E-state index in [1.165, 1.54) is 38.5 Å². The van der Waals surface area contributed by atoms with Crippen molar-refractivity contribution >= 4 is 11.6 Å². The van der Waals surface area contributed by atoms with Gasteiger partial charge in [0.1, 0.15) is 5.75 Å². The van der Waals surface area contributed by atoms with Crippen molar-refractivity contribution in [2.75, 3.05) is 0 Å². The van der Waals surface area contributed by atoms with Crippen molar-refractivity contribution in [3.8, 4) is 5.75 Å². The highest BCUT2D eigenvalue weighted by Gasteiger charge is 2.14. The van der Waals surface area contributed by atoms with Crippen LogP contribution < -0.4 is 0 Å². The topological polar surface area (TPSA) is 20.2 Å². The van der Waals surface area contributed by atoms with E-state index in [1.807, 2.05) is 6.07 Å². The summed E-state index contributed by atoms with van der Waals surface area (Å²) in [6, 6.07) is 5.32. The Morgan fingerprint density at radius 1 is 1.19 bits per heavy atom. The molecule has 0 heterocycles. The zero-order chi connectivity index (χ0) is 11.4. The third-order valence-electron chi connectivity index (χ3n) is 3.59. The van der Waals surface area contributed by atoms with Gasteiger partial charge in [-0.15, -0.1) is 0 Å². The second kappa shape index (κ2) is 5.58. The maximum absolute atomic E-state index is 9.71. The molecule has 16 heavy (non-hydrogen) atoms. The number of hydrogen-bond donors (Lipinski definition) is 1. The predicted molar refractivity (Wildman–Crippen MR) is 68.0 cm³/mol. The quantitative estimate of drug-likeness (QED) is 0.819. The lowest BCUT2D eigenvalue weighted by molar-refractivity contribution is 0.337. The summed E-state index contributed by atoms with van der Waals surface area (Å²) >= 11 is 5.93. The molecule has 0 unspecified atom stereocenters. The minimum atomic E-state index is 0.389. The second-order valence-electron chi connectivity index (χ2n) is 4.82. The van der Waals surface area contributed by atoms with Gasteiger partial charge >= 0.3 is 0 Å².